The molecule has 1 aromatic heterocycles. The van der Waals surface area contributed by atoms with E-state index < -0.39 is 0 Å². The van der Waals surface area contributed by atoms with Crippen LogP contribution in [0, 0.1) is 5.82 Å². The number of carbonyl (C=O) groups excluding carboxylic acids is 1. The van der Waals surface area contributed by atoms with Crippen molar-refractivity contribution in [3.63, 3.8) is 0 Å². The van der Waals surface area contributed by atoms with Gasteiger partial charge in [-0.05, 0) is 36.9 Å². The molecule has 0 radical (unpaired) electrons. The lowest BCUT2D eigenvalue weighted by atomic mass is 10.2. The molecule has 5 nitrogen and oxygen atoms in total. The fraction of sp³-hybridized carbons (Fsp3) is 0.250. The first-order valence-corrected chi connectivity index (χ1v) is 6.98. The Morgan fingerprint density at radius 2 is 1.95 bits per heavy atom. The van der Waals surface area contributed by atoms with Gasteiger partial charge in [0, 0.05) is 19.2 Å². The van der Waals surface area contributed by atoms with Crippen LogP contribution in [-0.2, 0) is 11.3 Å². The van der Waals surface area contributed by atoms with Gasteiger partial charge in [-0.15, -0.1) is 0 Å². The van der Waals surface area contributed by atoms with Crippen molar-refractivity contribution in [1.82, 2.24) is 9.88 Å². The first kappa shape index (κ1) is 15.9. The van der Waals surface area contributed by atoms with Crippen LogP contribution in [0.5, 0.6) is 0 Å². The average Bonchev–Trinajstić information content (AvgIpc) is 2.51. The number of carbonyl (C=O) groups is 1. The van der Waals surface area contributed by atoms with Crippen molar-refractivity contribution >= 4 is 11.6 Å². The van der Waals surface area contributed by atoms with Crippen LogP contribution in [0.4, 0.5) is 10.1 Å². The molecule has 1 amide bonds. The Kier molecular flexibility index (Phi) is 5.43. The second-order valence-electron chi connectivity index (χ2n) is 4.88. The number of pyridine rings is 1. The highest BCUT2D eigenvalue weighted by molar-refractivity contribution is 5.90. The molecule has 0 atom stereocenters. The zero-order valence-electron chi connectivity index (χ0n) is 12.3. The maximum atomic E-state index is 12.9. The molecular formula is C16H18FN3O2. The predicted octanol–water partition coefficient (Wildman–Crippen LogP) is 1.58. The van der Waals surface area contributed by atoms with Crippen molar-refractivity contribution in [3.8, 4) is 0 Å². The van der Waals surface area contributed by atoms with E-state index in [4.69, 9.17) is 0 Å². The molecule has 0 saturated heterocycles. The lowest BCUT2D eigenvalue weighted by molar-refractivity contribution is -0.116. The van der Waals surface area contributed by atoms with Gasteiger partial charge in [-0.3, -0.25) is 9.59 Å². The molecule has 1 aromatic carbocycles. The smallest absolute Gasteiger partial charge is 0.274 e. The van der Waals surface area contributed by atoms with Crippen molar-refractivity contribution in [1.29, 1.82) is 0 Å². The summed E-state index contributed by atoms with van der Waals surface area (Å²) in [6.45, 7) is 0.863. The maximum Gasteiger partial charge on any atom is 0.274 e. The molecule has 0 bridgehead atoms. The number of hydrogen-bond acceptors (Lipinski definition) is 3. The summed E-state index contributed by atoms with van der Waals surface area (Å²) in [5.41, 5.74) is 0.762. The van der Waals surface area contributed by atoms with E-state index in [0.717, 1.165) is 5.56 Å². The van der Waals surface area contributed by atoms with Crippen LogP contribution in [-0.4, -0.2) is 24.1 Å². The first-order valence-electron chi connectivity index (χ1n) is 6.98. The van der Waals surface area contributed by atoms with Crippen LogP contribution >= 0.6 is 0 Å². The van der Waals surface area contributed by atoms with Crippen molar-refractivity contribution in [2.24, 2.45) is 0 Å². The minimum atomic E-state index is -0.318. The SMILES string of the molecule is CNCCC(=O)Nc1cccn(Cc2ccc(F)cc2)c1=O. The maximum absolute atomic E-state index is 12.9. The Morgan fingerprint density at radius 1 is 1.23 bits per heavy atom. The number of hydrogen-bond donors (Lipinski definition) is 2. The van der Waals surface area contributed by atoms with E-state index in [1.807, 2.05) is 0 Å². The molecule has 0 aliphatic carbocycles. The van der Waals surface area contributed by atoms with Crippen LogP contribution in [0.15, 0.2) is 47.4 Å². The molecule has 0 aliphatic heterocycles. The van der Waals surface area contributed by atoms with E-state index in [-0.39, 0.29) is 23.0 Å². The van der Waals surface area contributed by atoms with Crippen molar-refractivity contribution < 1.29 is 9.18 Å². The predicted molar refractivity (Wildman–Crippen MR) is 83.4 cm³/mol. The van der Waals surface area contributed by atoms with Crippen LogP contribution in [0.2, 0.25) is 0 Å². The average molecular weight is 303 g/mol. The highest BCUT2D eigenvalue weighted by atomic mass is 19.1. The minimum absolute atomic E-state index is 0.217. The van der Waals surface area contributed by atoms with Crippen LogP contribution in [0.25, 0.3) is 0 Å². The van der Waals surface area contributed by atoms with Crippen LogP contribution < -0.4 is 16.2 Å². The lowest BCUT2D eigenvalue weighted by Crippen LogP contribution is -2.27. The fourth-order valence-electron chi connectivity index (χ4n) is 1.99. The number of halogens is 1. The minimum Gasteiger partial charge on any atom is -0.321 e. The van der Waals surface area contributed by atoms with E-state index in [9.17, 15) is 14.0 Å². The molecule has 0 saturated carbocycles. The summed E-state index contributed by atoms with van der Waals surface area (Å²) in [6.07, 6.45) is 1.93. The number of anilines is 1. The third-order valence-electron chi connectivity index (χ3n) is 3.16. The standard InChI is InChI=1S/C16H18FN3O2/c1-18-9-8-15(21)19-14-3-2-10-20(16(14)22)11-12-4-6-13(17)7-5-12/h2-7,10,18H,8-9,11H2,1H3,(H,19,21). The van der Waals surface area contributed by atoms with Crippen molar-refractivity contribution in [2.75, 3.05) is 18.9 Å². The highest BCUT2D eigenvalue weighted by Crippen LogP contribution is 2.06. The Hall–Kier alpha value is -2.47. The summed E-state index contributed by atoms with van der Waals surface area (Å²) >= 11 is 0. The Morgan fingerprint density at radius 3 is 2.64 bits per heavy atom. The van der Waals surface area contributed by atoms with Crippen LogP contribution in [0.1, 0.15) is 12.0 Å². The molecular weight excluding hydrogens is 285 g/mol. The molecule has 0 fully saturated rings. The molecule has 2 aromatic rings. The summed E-state index contributed by atoms with van der Waals surface area (Å²) in [5.74, 6) is -0.535. The van der Waals surface area contributed by atoms with Gasteiger partial charge in [-0.25, -0.2) is 4.39 Å². The topological polar surface area (TPSA) is 63.1 Å². The number of amides is 1. The molecule has 0 spiro atoms. The third kappa shape index (κ3) is 4.26. The van der Waals surface area contributed by atoms with Gasteiger partial charge in [-0.2, -0.15) is 0 Å². The van der Waals surface area contributed by atoms with E-state index in [2.05, 4.69) is 10.6 Å². The van der Waals surface area contributed by atoms with Gasteiger partial charge >= 0.3 is 0 Å². The zero-order chi connectivity index (χ0) is 15.9. The number of aromatic nitrogens is 1. The van der Waals surface area contributed by atoms with E-state index in [0.29, 0.717) is 19.5 Å². The normalized spacial score (nSPS) is 10.5. The highest BCUT2D eigenvalue weighted by Gasteiger charge is 2.07. The summed E-state index contributed by atoms with van der Waals surface area (Å²) in [7, 11) is 1.76. The molecule has 6 heteroatoms. The largest absolute Gasteiger partial charge is 0.321 e. The van der Waals surface area contributed by atoms with Gasteiger partial charge < -0.3 is 15.2 Å². The van der Waals surface area contributed by atoms with Crippen molar-refractivity contribution in [2.45, 2.75) is 13.0 Å². The Bertz CT molecular complexity index is 695. The van der Waals surface area contributed by atoms with Gasteiger partial charge in [0.15, 0.2) is 0 Å². The molecule has 2 N–H and O–H groups in total. The lowest BCUT2D eigenvalue weighted by Gasteiger charge is -2.09. The molecule has 1 heterocycles. The molecule has 22 heavy (non-hydrogen) atoms. The van der Waals surface area contributed by atoms with E-state index in [1.165, 1.54) is 16.7 Å². The fourth-order valence-corrected chi connectivity index (χ4v) is 1.99. The monoisotopic (exact) mass is 303 g/mol. The molecule has 0 aliphatic rings. The number of rotatable bonds is 6. The second-order valence-corrected chi connectivity index (χ2v) is 4.88. The van der Waals surface area contributed by atoms with Crippen LogP contribution in [0.3, 0.4) is 0 Å². The van der Waals surface area contributed by atoms with Gasteiger partial charge in [0.2, 0.25) is 5.91 Å². The Balaban J connectivity index is 2.13. The number of nitrogens with one attached hydrogen (secondary N) is 2. The Labute approximate surface area is 127 Å². The van der Waals surface area contributed by atoms with E-state index in [1.54, 1.807) is 37.5 Å². The quantitative estimate of drug-likeness (QED) is 0.852. The second kappa shape index (κ2) is 7.51. The molecule has 116 valence electrons. The zero-order valence-corrected chi connectivity index (χ0v) is 12.3. The first-order chi connectivity index (χ1) is 10.6. The molecule has 0 unspecified atom stereocenters. The van der Waals surface area contributed by atoms with Gasteiger partial charge in [-0.1, -0.05) is 12.1 Å². The summed E-state index contributed by atoms with van der Waals surface area (Å²) < 4.78 is 14.4. The van der Waals surface area contributed by atoms with Crippen molar-refractivity contribution in [3.05, 3.63) is 64.3 Å². The third-order valence-corrected chi connectivity index (χ3v) is 3.16. The number of nitrogens with zero attached hydrogens (tertiary/aromatic N) is 1. The summed E-state index contributed by atoms with van der Waals surface area (Å²) in [6, 6.07) is 9.22. The summed E-state index contributed by atoms with van der Waals surface area (Å²) in [5, 5.41) is 5.48. The van der Waals surface area contributed by atoms with Gasteiger partial charge in [0.1, 0.15) is 11.5 Å². The van der Waals surface area contributed by atoms with Gasteiger partial charge in [0.05, 0.1) is 6.54 Å². The van der Waals surface area contributed by atoms with Gasteiger partial charge in [0.25, 0.3) is 5.56 Å². The van der Waals surface area contributed by atoms with E-state index >= 15 is 0 Å². The summed E-state index contributed by atoms with van der Waals surface area (Å²) in [4.78, 5) is 24.0. The molecule has 2 rings (SSSR count). The number of benzene rings is 1.